The second-order valence-electron chi connectivity index (χ2n) is 5.23. The number of rotatable bonds is 3. The van der Waals surface area contributed by atoms with Gasteiger partial charge in [0.25, 0.3) is 0 Å². The van der Waals surface area contributed by atoms with Crippen molar-refractivity contribution in [2.75, 3.05) is 0 Å². The summed E-state index contributed by atoms with van der Waals surface area (Å²) in [6.45, 7) is 2.16. The van der Waals surface area contributed by atoms with E-state index in [1.54, 1.807) is 0 Å². The number of aromatic hydroxyl groups is 2. The van der Waals surface area contributed by atoms with Crippen molar-refractivity contribution in [2.24, 2.45) is 0 Å². The summed E-state index contributed by atoms with van der Waals surface area (Å²) >= 11 is 0. The molecule has 20 heavy (non-hydrogen) atoms. The molecule has 0 spiro atoms. The molecule has 3 aromatic rings. The number of fused-ring (bicyclic) bond motifs is 2. The third-order valence-corrected chi connectivity index (χ3v) is 3.85. The van der Waals surface area contributed by atoms with Crippen LogP contribution in [0.1, 0.15) is 25.3 Å². The van der Waals surface area contributed by atoms with E-state index in [0.717, 1.165) is 24.6 Å². The van der Waals surface area contributed by atoms with E-state index < -0.39 is 0 Å². The zero-order chi connectivity index (χ0) is 14.1. The van der Waals surface area contributed by atoms with Gasteiger partial charge in [0.05, 0.1) is 0 Å². The molecular formula is C18H18O2. The molecule has 0 saturated carbocycles. The molecule has 0 aliphatic heterocycles. The highest BCUT2D eigenvalue weighted by Crippen LogP contribution is 2.41. The maximum Gasteiger partial charge on any atom is 0.131 e. The van der Waals surface area contributed by atoms with Gasteiger partial charge in [-0.15, -0.1) is 0 Å². The van der Waals surface area contributed by atoms with Crippen molar-refractivity contribution < 1.29 is 10.2 Å². The topological polar surface area (TPSA) is 40.5 Å². The maximum absolute atomic E-state index is 10.5. The monoisotopic (exact) mass is 266 g/mol. The number of phenolic OH excluding ortho intramolecular Hbond substituents is 2. The van der Waals surface area contributed by atoms with Crippen LogP contribution in [0, 0.1) is 0 Å². The molecule has 102 valence electrons. The first kappa shape index (κ1) is 12.8. The number of unbranched alkanes of at least 4 members (excludes halogenated alkanes) is 1. The van der Waals surface area contributed by atoms with E-state index in [2.05, 4.69) is 6.92 Å². The number of hydrogen-bond donors (Lipinski definition) is 2. The first-order chi connectivity index (χ1) is 9.72. The molecule has 0 radical (unpaired) electrons. The van der Waals surface area contributed by atoms with E-state index in [-0.39, 0.29) is 11.5 Å². The average molecular weight is 266 g/mol. The minimum Gasteiger partial charge on any atom is -0.507 e. The fraction of sp³-hybridized carbons (Fsp3) is 0.222. The van der Waals surface area contributed by atoms with E-state index in [4.69, 9.17) is 0 Å². The predicted octanol–water partition coefficient (Wildman–Crippen LogP) is 4.75. The van der Waals surface area contributed by atoms with E-state index in [1.807, 2.05) is 42.5 Å². The van der Waals surface area contributed by atoms with Crippen molar-refractivity contribution in [3.63, 3.8) is 0 Å². The van der Waals surface area contributed by atoms with Gasteiger partial charge < -0.3 is 10.2 Å². The van der Waals surface area contributed by atoms with Crippen LogP contribution in [0.5, 0.6) is 11.5 Å². The van der Waals surface area contributed by atoms with Crippen LogP contribution in [0.3, 0.4) is 0 Å². The van der Waals surface area contributed by atoms with Crippen LogP contribution in [0.15, 0.2) is 42.5 Å². The van der Waals surface area contributed by atoms with Gasteiger partial charge in [0.1, 0.15) is 11.5 Å². The molecule has 0 aromatic heterocycles. The maximum atomic E-state index is 10.5. The van der Waals surface area contributed by atoms with Crippen molar-refractivity contribution in [1.29, 1.82) is 0 Å². The molecule has 0 aliphatic carbocycles. The lowest BCUT2D eigenvalue weighted by Crippen LogP contribution is -1.87. The summed E-state index contributed by atoms with van der Waals surface area (Å²) in [7, 11) is 0. The van der Waals surface area contributed by atoms with Crippen molar-refractivity contribution in [2.45, 2.75) is 26.2 Å². The van der Waals surface area contributed by atoms with E-state index in [9.17, 15) is 10.2 Å². The van der Waals surface area contributed by atoms with Crippen molar-refractivity contribution >= 4 is 21.5 Å². The largest absolute Gasteiger partial charge is 0.507 e. The van der Waals surface area contributed by atoms with E-state index in [0.29, 0.717) is 16.2 Å². The van der Waals surface area contributed by atoms with Gasteiger partial charge in [-0.3, -0.25) is 0 Å². The molecule has 0 atom stereocenters. The van der Waals surface area contributed by atoms with E-state index >= 15 is 0 Å². The van der Waals surface area contributed by atoms with E-state index in [1.165, 1.54) is 5.56 Å². The molecule has 3 rings (SSSR count). The Kier molecular flexibility index (Phi) is 3.23. The Morgan fingerprint density at radius 1 is 0.800 bits per heavy atom. The third kappa shape index (κ3) is 1.97. The van der Waals surface area contributed by atoms with Gasteiger partial charge in [0.2, 0.25) is 0 Å². The summed E-state index contributed by atoms with van der Waals surface area (Å²) in [6.07, 6.45) is 3.28. The van der Waals surface area contributed by atoms with Crippen LogP contribution in [0.25, 0.3) is 21.5 Å². The van der Waals surface area contributed by atoms with Gasteiger partial charge in [-0.05, 0) is 24.5 Å². The normalized spacial score (nSPS) is 11.2. The van der Waals surface area contributed by atoms with Gasteiger partial charge in [-0.25, -0.2) is 0 Å². The summed E-state index contributed by atoms with van der Waals surface area (Å²) in [4.78, 5) is 0. The third-order valence-electron chi connectivity index (χ3n) is 3.85. The summed E-state index contributed by atoms with van der Waals surface area (Å²) in [5, 5.41) is 23.7. The zero-order valence-electron chi connectivity index (χ0n) is 11.6. The number of aryl methyl sites for hydroxylation is 1. The molecule has 2 nitrogen and oxygen atoms in total. The quantitative estimate of drug-likeness (QED) is 0.530. The number of phenols is 2. The van der Waals surface area contributed by atoms with Crippen LogP contribution in [-0.4, -0.2) is 10.2 Å². The summed E-state index contributed by atoms with van der Waals surface area (Å²) in [6, 6.07) is 13.3. The molecule has 0 aliphatic rings. The van der Waals surface area contributed by atoms with Crippen LogP contribution >= 0.6 is 0 Å². The lowest BCUT2D eigenvalue weighted by atomic mass is 9.97. The lowest BCUT2D eigenvalue weighted by Gasteiger charge is -2.11. The average Bonchev–Trinajstić information content (AvgIpc) is 2.50. The minimum atomic E-state index is 0.246. The van der Waals surface area contributed by atoms with Crippen LogP contribution in [0.4, 0.5) is 0 Å². The summed E-state index contributed by atoms with van der Waals surface area (Å²) in [5.41, 5.74) is 1.20. The molecule has 0 amide bonds. The molecule has 0 unspecified atom stereocenters. The number of benzene rings is 3. The highest BCUT2D eigenvalue weighted by molar-refractivity contribution is 6.10. The van der Waals surface area contributed by atoms with Gasteiger partial charge in [-0.2, -0.15) is 0 Å². The fourth-order valence-corrected chi connectivity index (χ4v) is 2.72. The van der Waals surface area contributed by atoms with Crippen LogP contribution < -0.4 is 0 Å². The minimum absolute atomic E-state index is 0.246. The second kappa shape index (κ2) is 5.04. The molecule has 0 fully saturated rings. The van der Waals surface area contributed by atoms with Gasteiger partial charge in [0, 0.05) is 21.5 Å². The second-order valence-corrected chi connectivity index (χ2v) is 5.23. The zero-order valence-corrected chi connectivity index (χ0v) is 11.6. The Labute approximate surface area is 118 Å². The molecule has 0 saturated heterocycles. The fourth-order valence-electron chi connectivity index (χ4n) is 2.72. The molecule has 0 heterocycles. The Morgan fingerprint density at radius 3 is 2.05 bits per heavy atom. The van der Waals surface area contributed by atoms with Crippen LogP contribution in [-0.2, 0) is 6.42 Å². The molecule has 3 aromatic carbocycles. The van der Waals surface area contributed by atoms with Crippen molar-refractivity contribution in [3.05, 3.63) is 48.0 Å². The standard InChI is InChI=1S/C18H18O2/c1-2-3-6-12-9-10-15-16(11-12)18(20)14-8-5-4-7-13(14)17(15)19/h4-5,7-11,19-20H,2-3,6H2,1H3. The Morgan fingerprint density at radius 2 is 1.40 bits per heavy atom. The predicted molar refractivity (Wildman–Crippen MR) is 83.4 cm³/mol. The number of hydrogen-bond acceptors (Lipinski definition) is 2. The highest BCUT2D eigenvalue weighted by Gasteiger charge is 2.12. The van der Waals surface area contributed by atoms with Gasteiger partial charge in [0.15, 0.2) is 0 Å². The summed E-state index contributed by atoms with van der Waals surface area (Å²) in [5.74, 6) is 0.502. The lowest BCUT2D eigenvalue weighted by molar-refractivity contribution is 0.478. The molecular weight excluding hydrogens is 248 g/mol. The Bertz CT molecular complexity index is 775. The molecule has 0 bridgehead atoms. The molecule has 2 N–H and O–H groups in total. The Balaban J connectivity index is 2.29. The van der Waals surface area contributed by atoms with Crippen LogP contribution in [0.2, 0.25) is 0 Å². The smallest absolute Gasteiger partial charge is 0.131 e. The first-order valence-corrected chi connectivity index (χ1v) is 7.07. The van der Waals surface area contributed by atoms with Gasteiger partial charge >= 0.3 is 0 Å². The highest BCUT2D eigenvalue weighted by atomic mass is 16.3. The first-order valence-electron chi connectivity index (χ1n) is 7.07. The Hall–Kier alpha value is -2.22. The van der Waals surface area contributed by atoms with Crippen molar-refractivity contribution in [1.82, 2.24) is 0 Å². The SMILES string of the molecule is CCCCc1ccc2c(O)c3ccccc3c(O)c2c1. The van der Waals surface area contributed by atoms with Crippen molar-refractivity contribution in [3.8, 4) is 11.5 Å². The van der Waals surface area contributed by atoms with Gasteiger partial charge in [-0.1, -0.05) is 49.7 Å². The summed E-state index contributed by atoms with van der Waals surface area (Å²) < 4.78 is 0. The molecule has 2 heteroatoms.